The number of Topliss-reactive ketones (excluding diaryl/α,β-unsaturated/α-hetero) is 1. The Morgan fingerprint density at radius 2 is 2.19 bits per heavy atom. The van der Waals surface area contributed by atoms with Gasteiger partial charge >= 0.3 is 0 Å². The van der Waals surface area contributed by atoms with Gasteiger partial charge in [-0.15, -0.1) is 0 Å². The molecule has 1 saturated carbocycles. The highest BCUT2D eigenvalue weighted by Gasteiger charge is 2.32. The Hall–Kier alpha value is -1.77. The van der Waals surface area contributed by atoms with Crippen LogP contribution in [0.1, 0.15) is 23.4 Å². The van der Waals surface area contributed by atoms with Crippen LogP contribution in [-0.4, -0.2) is 12.9 Å². The molecule has 3 heteroatoms. The third-order valence-corrected chi connectivity index (χ3v) is 2.91. The molecule has 0 amide bonds. The second kappa shape index (κ2) is 3.37. The monoisotopic (exact) mass is 216 g/mol. The summed E-state index contributed by atoms with van der Waals surface area (Å²) in [5, 5.41) is 0.920. The van der Waals surface area contributed by atoms with Crippen molar-refractivity contribution in [1.82, 2.24) is 0 Å². The van der Waals surface area contributed by atoms with Gasteiger partial charge in [-0.3, -0.25) is 4.79 Å². The molecule has 0 aliphatic heterocycles. The van der Waals surface area contributed by atoms with Crippen LogP contribution in [0.25, 0.3) is 11.0 Å². The molecule has 1 aliphatic carbocycles. The molecule has 0 unspecified atom stereocenters. The normalized spacial score (nSPS) is 15.3. The Balaban J connectivity index is 2.04. The third-order valence-electron chi connectivity index (χ3n) is 2.91. The summed E-state index contributed by atoms with van der Waals surface area (Å²) < 4.78 is 10.7. The fourth-order valence-corrected chi connectivity index (χ4v) is 1.82. The standard InChI is InChI=1S/C13H12O3/c1-15-10-4-5-11-9(6-10)7-12(16-11)13(14)8-2-3-8/h4-8H,2-3H2,1H3. The highest BCUT2D eigenvalue weighted by molar-refractivity contribution is 6.00. The highest BCUT2D eigenvalue weighted by atomic mass is 16.5. The van der Waals surface area contributed by atoms with Crippen LogP contribution < -0.4 is 4.74 Å². The Kier molecular flexibility index (Phi) is 1.99. The lowest BCUT2D eigenvalue weighted by atomic mass is 10.2. The average molecular weight is 216 g/mol. The average Bonchev–Trinajstić information content (AvgIpc) is 3.06. The van der Waals surface area contributed by atoms with Crippen molar-refractivity contribution in [1.29, 1.82) is 0 Å². The van der Waals surface area contributed by atoms with Crippen molar-refractivity contribution in [3.63, 3.8) is 0 Å². The number of rotatable bonds is 3. The van der Waals surface area contributed by atoms with Crippen LogP contribution in [0, 0.1) is 5.92 Å². The van der Waals surface area contributed by atoms with Gasteiger partial charge in [0.2, 0.25) is 5.78 Å². The van der Waals surface area contributed by atoms with Crippen LogP contribution in [-0.2, 0) is 0 Å². The number of fused-ring (bicyclic) bond motifs is 1. The molecule has 3 nitrogen and oxygen atoms in total. The van der Waals surface area contributed by atoms with Crippen molar-refractivity contribution >= 4 is 16.8 Å². The van der Waals surface area contributed by atoms with Crippen molar-refractivity contribution in [2.45, 2.75) is 12.8 Å². The second-order valence-electron chi connectivity index (χ2n) is 4.15. The van der Waals surface area contributed by atoms with Crippen molar-refractivity contribution in [2.24, 2.45) is 5.92 Å². The van der Waals surface area contributed by atoms with Gasteiger partial charge in [-0.25, -0.2) is 0 Å². The lowest BCUT2D eigenvalue weighted by Crippen LogP contribution is -1.98. The van der Waals surface area contributed by atoms with Gasteiger partial charge in [0.15, 0.2) is 5.76 Å². The first-order valence-electron chi connectivity index (χ1n) is 5.40. The number of carbonyl (C=O) groups is 1. The summed E-state index contributed by atoms with van der Waals surface area (Å²) in [6.45, 7) is 0. The van der Waals surface area contributed by atoms with Crippen molar-refractivity contribution < 1.29 is 13.9 Å². The molecule has 1 fully saturated rings. The van der Waals surface area contributed by atoms with E-state index in [-0.39, 0.29) is 11.7 Å². The summed E-state index contributed by atoms with van der Waals surface area (Å²) in [4.78, 5) is 11.8. The Morgan fingerprint density at radius 1 is 1.38 bits per heavy atom. The molecule has 0 radical (unpaired) electrons. The molecule has 1 aromatic carbocycles. The first-order valence-corrected chi connectivity index (χ1v) is 5.40. The van der Waals surface area contributed by atoms with Gasteiger partial charge in [0.05, 0.1) is 7.11 Å². The lowest BCUT2D eigenvalue weighted by molar-refractivity contribution is 0.0942. The van der Waals surface area contributed by atoms with E-state index in [2.05, 4.69) is 0 Å². The van der Waals surface area contributed by atoms with Crippen molar-refractivity contribution in [3.8, 4) is 5.75 Å². The molecule has 0 bridgehead atoms. The Morgan fingerprint density at radius 3 is 2.88 bits per heavy atom. The maximum Gasteiger partial charge on any atom is 0.201 e. The predicted molar refractivity (Wildman–Crippen MR) is 59.8 cm³/mol. The molecule has 3 rings (SSSR count). The maximum absolute atomic E-state index is 11.8. The molecular formula is C13H12O3. The van der Waals surface area contributed by atoms with Crippen LogP contribution in [0.5, 0.6) is 5.75 Å². The van der Waals surface area contributed by atoms with Gasteiger partial charge < -0.3 is 9.15 Å². The van der Waals surface area contributed by atoms with E-state index in [1.165, 1.54) is 0 Å². The number of benzene rings is 1. The predicted octanol–water partition coefficient (Wildman–Crippen LogP) is 3.03. The number of furan rings is 1. The van der Waals surface area contributed by atoms with Crippen LogP contribution >= 0.6 is 0 Å². The summed E-state index contributed by atoms with van der Waals surface area (Å²) in [5.41, 5.74) is 0.741. The molecule has 1 aliphatic rings. The van der Waals surface area contributed by atoms with Crippen LogP contribution in [0.2, 0.25) is 0 Å². The zero-order valence-electron chi connectivity index (χ0n) is 9.03. The van der Waals surface area contributed by atoms with Crippen LogP contribution in [0.4, 0.5) is 0 Å². The molecule has 1 aromatic heterocycles. The first kappa shape index (κ1) is 9.46. The number of carbonyl (C=O) groups excluding carboxylic acids is 1. The molecule has 0 saturated heterocycles. The summed E-state index contributed by atoms with van der Waals surface area (Å²) in [6.07, 6.45) is 2.00. The van der Waals surface area contributed by atoms with E-state index in [0.717, 1.165) is 29.6 Å². The molecule has 0 N–H and O–H groups in total. The molecule has 16 heavy (non-hydrogen) atoms. The van der Waals surface area contributed by atoms with Gasteiger partial charge in [0.1, 0.15) is 11.3 Å². The van der Waals surface area contributed by atoms with Gasteiger partial charge in [-0.1, -0.05) is 0 Å². The largest absolute Gasteiger partial charge is 0.497 e. The fourth-order valence-electron chi connectivity index (χ4n) is 1.82. The van der Waals surface area contributed by atoms with E-state index in [1.807, 2.05) is 18.2 Å². The zero-order chi connectivity index (χ0) is 11.1. The van der Waals surface area contributed by atoms with Gasteiger partial charge in [0, 0.05) is 11.3 Å². The summed E-state index contributed by atoms with van der Waals surface area (Å²) in [6, 6.07) is 7.34. The van der Waals surface area contributed by atoms with Crippen molar-refractivity contribution in [2.75, 3.05) is 7.11 Å². The minimum atomic E-state index is 0.134. The van der Waals surface area contributed by atoms with Crippen LogP contribution in [0.15, 0.2) is 28.7 Å². The number of methoxy groups -OCH3 is 1. The van der Waals surface area contributed by atoms with E-state index in [4.69, 9.17) is 9.15 Å². The summed E-state index contributed by atoms with van der Waals surface area (Å²) in [5.74, 6) is 1.59. The van der Waals surface area contributed by atoms with Gasteiger partial charge in [-0.2, -0.15) is 0 Å². The Bertz CT molecular complexity index is 549. The van der Waals surface area contributed by atoms with E-state index in [0.29, 0.717) is 5.76 Å². The van der Waals surface area contributed by atoms with E-state index in [9.17, 15) is 4.79 Å². The highest BCUT2D eigenvalue weighted by Crippen LogP contribution is 2.34. The zero-order valence-corrected chi connectivity index (χ0v) is 9.03. The quantitative estimate of drug-likeness (QED) is 0.740. The Labute approximate surface area is 93.0 Å². The SMILES string of the molecule is COc1ccc2oc(C(=O)C3CC3)cc2c1. The molecule has 0 atom stereocenters. The minimum absolute atomic E-state index is 0.134. The van der Waals surface area contributed by atoms with Gasteiger partial charge in [0.25, 0.3) is 0 Å². The number of hydrogen-bond donors (Lipinski definition) is 0. The third kappa shape index (κ3) is 1.48. The van der Waals surface area contributed by atoms with Crippen LogP contribution in [0.3, 0.4) is 0 Å². The number of ether oxygens (including phenoxy) is 1. The molecule has 0 spiro atoms. The minimum Gasteiger partial charge on any atom is -0.497 e. The second-order valence-corrected chi connectivity index (χ2v) is 4.15. The fraction of sp³-hybridized carbons (Fsp3) is 0.308. The molecule has 82 valence electrons. The number of ketones is 1. The molecule has 2 aromatic rings. The smallest absolute Gasteiger partial charge is 0.201 e. The van der Waals surface area contributed by atoms with Gasteiger partial charge in [-0.05, 0) is 37.1 Å². The summed E-state index contributed by atoms with van der Waals surface area (Å²) in [7, 11) is 1.62. The summed E-state index contributed by atoms with van der Waals surface area (Å²) >= 11 is 0. The molecule has 1 heterocycles. The van der Waals surface area contributed by atoms with E-state index < -0.39 is 0 Å². The topological polar surface area (TPSA) is 39.4 Å². The molecular weight excluding hydrogens is 204 g/mol. The van der Waals surface area contributed by atoms with E-state index in [1.54, 1.807) is 13.2 Å². The maximum atomic E-state index is 11.8. The van der Waals surface area contributed by atoms with E-state index >= 15 is 0 Å². The first-order chi connectivity index (χ1) is 7.78. The lowest BCUT2D eigenvalue weighted by Gasteiger charge is -1.96. The van der Waals surface area contributed by atoms with Crippen molar-refractivity contribution in [3.05, 3.63) is 30.0 Å². The number of hydrogen-bond acceptors (Lipinski definition) is 3.